The van der Waals surface area contributed by atoms with E-state index in [4.69, 9.17) is 19.9 Å². The van der Waals surface area contributed by atoms with Gasteiger partial charge in [-0.3, -0.25) is 4.57 Å². The maximum atomic E-state index is 11.4. The minimum Gasteiger partial charge on any atom is -0.383 e. The minimum absolute atomic E-state index is 0.178. The summed E-state index contributed by atoms with van der Waals surface area (Å²) in [4.78, 5) is 24.1. The predicted octanol–water partition coefficient (Wildman–Crippen LogP) is -0.497. The molecule has 16 heavy (non-hydrogen) atoms. The third kappa shape index (κ3) is 2.76. The van der Waals surface area contributed by atoms with Crippen molar-refractivity contribution in [2.75, 3.05) is 18.7 Å². The fourth-order valence-corrected chi connectivity index (χ4v) is 2.08. The molecule has 88 valence electrons. The van der Waals surface area contributed by atoms with Gasteiger partial charge in [0.25, 0.3) is 0 Å². The molecule has 3 N–H and O–H groups in total. The summed E-state index contributed by atoms with van der Waals surface area (Å²) in [5.41, 5.74) is 4.95. The lowest BCUT2D eigenvalue weighted by molar-refractivity contribution is 0.00224. The van der Waals surface area contributed by atoms with Crippen molar-refractivity contribution in [3.05, 3.63) is 22.7 Å². The van der Waals surface area contributed by atoms with E-state index in [0.717, 1.165) is 0 Å². The Labute approximate surface area is 92.7 Å². The summed E-state index contributed by atoms with van der Waals surface area (Å²) in [5, 5.41) is 0. The number of nitrogens with zero attached hydrogens (tertiary/aromatic N) is 2. The topological polar surface area (TPSA) is 99.6 Å². The summed E-state index contributed by atoms with van der Waals surface area (Å²) in [6.45, 7) is 0.619. The first-order valence-corrected chi connectivity index (χ1v) is 6.09. The van der Waals surface area contributed by atoms with Crippen LogP contribution in [0.2, 0.25) is 0 Å². The van der Waals surface area contributed by atoms with E-state index in [2.05, 4.69) is 4.98 Å². The van der Waals surface area contributed by atoms with Gasteiger partial charge in [0.05, 0.1) is 19.3 Å². The van der Waals surface area contributed by atoms with E-state index in [1.54, 1.807) is 12.3 Å². The Morgan fingerprint density at radius 2 is 2.56 bits per heavy atom. The second kappa shape index (κ2) is 4.88. The Balaban J connectivity index is 2.01. The van der Waals surface area contributed by atoms with Crippen LogP contribution >= 0.6 is 8.38 Å². The van der Waals surface area contributed by atoms with Crippen molar-refractivity contribution in [3.8, 4) is 0 Å². The Morgan fingerprint density at radius 3 is 3.19 bits per heavy atom. The Kier molecular flexibility index (Phi) is 3.50. The van der Waals surface area contributed by atoms with Crippen molar-refractivity contribution < 1.29 is 14.2 Å². The van der Waals surface area contributed by atoms with Crippen molar-refractivity contribution >= 4 is 14.2 Å². The first-order chi connectivity index (χ1) is 7.65. The third-order valence-corrected chi connectivity index (χ3v) is 2.94. The lowest BCUT2D eigenvalue weighted by Crippen LogP contribution is -2.34. The molecule has 0 spiro atoms. The maximum Gasteiger partial charge on any atom is 0.349 e. The molecule has 1 aromatic rings. The highest BCUT2D eigenvalue weighted by atomic mass is 31.2. The van der Waals surface area contributed by atoms with Crippen LogP contribution in [-0.2, 0) is 15.8 Å². The molecule has 2 rings (SSSR count). The highest BCUT2D eigenvalue weighted by Gasteiger charge is 2.21. The van der Waals surface area contributed by atoms with E-state index in [1.807, 2.05) is 0 Å². The molecule has 1 fully saturated rings. The van der Waals surface area contributed by atoms with E-state index < -0.39 is 14.1 Å². The Bertz CT molecular complexity index is 416. The summed E-state index contributed by atoms with van der Waals surface area (Å²) >= 11 is 0. The van der Waals surface area contributed by atoms with Gasteiger partial charge in [-0.1, -0.05) is 0 Å². The molecule has 1 unspecified atom stereocenters. The van der Waals surface area contributed by atoms with E-state index in [0.29, 0.717) is 6.54 Å². The summed E-state index contributed by atoms with van der Waals surface area (Å²) in [7, 11) is -1.45. The number of hydrogen-bond donors (Lipinski definition) is 2. The smallest absolute Gasteiger partial charge is 0.349 e. The molecule has 2 heterocycles. The Morgan fingerprint density at radius 1 is 1.75 bits per heavy atom. The lowest BCUT2D eigenvalue weighted by atomic mass is 10.3. The second-order valence-electron chi connectivity index (χ2n) is 3.35. The number of ether oxygens (including phenoxy) is 1. The van der Waals surface area contributed by atoms with Crippen LogP contribution in [0.15, 0.2) is 17.1 Å². The molecule has 1 aromatic heterocycles. The molecular formula is C8H12N3O4P. The number of anilines is 1. The van der Waals surface area contributed by atoms with Crippen molar-refractivity contribution in [3.63, 3.8) is 0 Å². The van der Waals surface area contributed by atoms with Gasteiger partial charge < -0.3 is 19.9 Å². The highest BCUT2D eigenvalue weighted by molar-refractivity contribution is 7.45. The largest absolute Gasteiger partial charge is 0.383 e. The lowest BCUT2D eigenvalue weighted by Gasteiger charge is -2.25. The number of rotatable bonds is 2. The molecule has 1 aliphatic heterocycles. The SMILES string of the molecule is Nc1ccn(C[C@H]2COP(O)CO2)c(=O)n1. The van der Waals surface area contributed by atoms with Crippen LogP contribution in [0.3, 0.4) is 0 Å². The van der Waals surface area contributed by atoms with Crippen LogP contribution < -0.4 is 11.4 Å². The molecule has 1 saturated heterocycles. The fraction of sp³-hybridized carbons (Fsp3) is 0.500. The van der Waals surface area contributed by atoms with E-state index in [9.17, 15) is 4.79 Å². The summed E-state index contributed by atoms with van der Waals surface area (Å²) < 4.78 is 11.8. The zero-order valence-corrected chi connectivity index (χ0v) is 9.34. The van der Waals surface area contributed by atoms with Crippen molar-refractivity contribution in [1.82, 2.24) is 9.55 Å². The van der Waals surface area contributed by atoms with Crippen molar-refractivity contribution in [2.45, 2.75) is 12.6 Å². The molecule has 8 heteroatoms. The first-order valence-electron chi connectivity index (χ1n) is 4.69. The van der Waals surface area contributed by atoms with Gasteiger partial charge in [-0.05, 0) is 6.07 Å². The summed E-state index contributed by atoms with van der Waals surface area (Å²) in [6, 6.07) is 1.55. The van der Waals surface area contributed by atoms with Gasteiger partial charge >= 0.3 is 5.69 Å². The minimum atomic E-state index is -1.45. The number of hydrogen-bond acceptors (Lipinski definition) is 6. The number of nitrogens with two attached hydrogens (primary N) is 1. The van der Waals surface area contributed by atoms with Gasteiger partial charge in [0.1, 0.15) is 12.2 Å². The summed E-state index contributed by atoms with van der Waals surface area (Å²) in [6.07, 6.45) is 1.50. The normalized spacial score (nSPS) is 25.6. The third-order valence-electron chi connectivity index (χ3n) is 2.13. The summed E-state index contributed by atoms with van der Waals surface area (Å²) in [5.74, 6) is 0.195. The van der Waals surface area contributed by atoms with Gasteiger partial charge in [-0.2, -0.15) is 4.98 Å². The Hall–Kier alpha value is -1.01. The van der Waals surface area contributed by atoms with E-state index in [1.165, 1.54) is 4.57 Å². The first kappa shape index (κ1) is 11.5. The van der Waals surface area contributed by atoms with E-state index >= 15 is 0 Å². The average Bonchev–Trinajstić information content (AvgIpc) is 2.25. The van der Waals surface area contributed by atoms with Crippen LogP contribution in [0.25, 0.3) is 0 Å². The monoisotopic (exact) mass is 245 g/mol. The molecule has 0 aliphatic carbocycles. The molecule has 0 bridgehead atoms. The van der Waals surface area contributed by atoms with Gasteiger partial charge in [-0.15, -0.1) is 0 Å². The van der Waals surface area contributed by atoms with Crippen molar-refractivity contribution in [2.24, 2.45) is 0 Å². The van der Waals surface area contributed by atoms with Crippen LogP contribution in [0.1, 0.15) is 0 Å². The van der Waals surface area contributed by atoms with Crippen molar-refractivity contribution in [1.29, 1.82) is 0 Å². The zero-order valence-electron chi connectivity index (χ0n) is 8.44. The van der Waals surface area contributed by atoms with Gasteiger partial charge in [0.2, 0.25) is 0 Å². The molecule has 0 amide bonds. The van der Waals surface area contributed by atoms with Crippen LogP contribution in [0.5, 0.6) is 0 Å². The molecule has 2 atom stereocenters. The molecule has 0 aromatic carbocycles. The molecular weight excluding hydrogens is 233 g/mol. The zero-order chi connectivity index (χ0) is 11.5. The molecule has 1 aliphatic rings. The molecule has 7 nitrogen and oxygen atoms in total. The standard InChI is InChI=1S/C8H12N3O4P/c9-7-1-2-11(8(12)10-7)3-6-4-15-16(13)5-14-6/h1-2,6,13H,3-5H2,(H2,9,10,12)/t6-,16?/m0/s1. The average molecular weight is 245 g/mol. The van der Waals surface area contributed by atoms with Gasteiger partial charge in [0.15, 0.2) is 8.38 Å². The number of aromatic nitrogens is 2. The fourth-order valence-electron chi connectivity index (χ4n) is 1.33. The quantitative estimate of drug-likeness (QED) is 0.681. The molecule has 0 saturated carbocycles. The highest BCUT2D eigenvalue weighted by Crippen LogP contribution is 2.35. The van der Waals surface area contributed by atoms with Crippen LogP contribution in [-0.4, -0.2) is 33.5 Å². The van der Waals surface area contributed by atoms with Crippen LogP contribution in [0, 0.1) is 0 Å². The van der Waals surface area contributed by atoms with Gasteiger partial charge in [-0.25, -0.2) is 4.79 Å². The van der Waals surface area contributed by atoms with E-state index in [-0.39, 0.29) is 24.9 Å². The predicted molar refractivity (Wildman–Crippen MR) is 57.7 cm³/mol. The number of nitrogen functional groups attached to an aromatic ring is 1. The molecule has 0 radical (unpaired) electrons. The van der Waals surface area contributed by atoms with Gasteiger partial charge in [0, 0.05) is 6.20 Å². The van der Waals surface area contributed by atoms with Crippen LogP contribution in [0.4, 0.5) is 5.82 Å². The maximum absolute atomic E-state index is 11.4. The second-order valence-corrected chi connectivity index (χ2v) is 4.57.